The second-order valence-electron chi connectivity index (χ2n) is 4.11. The second kappa shape index (κ2) is 8.88. The average Bonchev–Trinajstić information content (AvgIpc) is 2.47. The Morgan fingerprint density at radius 2 is 1.90 bits per heavy atom. The fourth-order valence-electron chi connectivity index (χ4n) is 1.59. The summed E-state index contributed by atoms with van der Waals surface area (Å²) >= 11 is 0. The van der Waals surface area contributed by atoms with E-state index in [2.05, 4.69) is 10.3 Å². The predicted molar refractivity (Wildman–Crippen MR) is 75.5 cm³/mol. The predicted octanol–water partition coefficient (Wildman–Crippen LogP) is 0.906. The standard InChI is InChI=1S/C13H19N3O5/c1-20-8-6-16(7-9-21-2)13(19)15-10-4-3-5-14-11(10)12(17)18/h3-5H,6-9H2,1-2H3,(H,15,19)(H,17,18). The Hall–Kier alpha value is -2.19. The fourth-order valence-corrected chi connectivity index (χ4v) is 1.59. The van der Waals surface area contributed by atoms with Crippen molar-refractivity contribution < 1.29 is 24.2 Å². The van der Waals surface area contributed by atoms with Gasteiger partial charge in [-0.05, 0) is 12.1 Å². The van der Waals surface area contributed by atoms with Gasteiger partial charge in [0.15, 0.2) is 5.69 Å². The molecule has 1 rings (SSSR count). The number of carboxylic acid groups (broad SMARTS) is 1. The van der Waals surface area contributed by atoms with Crippen molar-refractivity contribution in [2.75, 3.05) is 45.8 Å². The molecule has 2 amide bonds. The van der Waals surface area contributed by atoms with Crippen LogP contribution in [0.25, 0.3) is 0 Å². The maximum atomic E-state index is 12.2. The Morgan fingerprint density at radius 1 is 1.29 bits per heavy atom. The molecule has 1 aromatic rings. The van der Waals surface area contributed by atoms with E-state index in [0.29, 0.717) is 26.3 Å². The number of methoxy groups -OCH3 is 2. The molecular formula is C13H19N3O5. The van der Waals surface area contributed by atoms with Gasteiger partial charge >= 0.3 is 12.0 Å². The van der Waals surface area contributed by atoms with Gasteiger partial charge < -0.3 is 24.8 Å². The molecule has 0 unspecified atom stereocenters. The van der Waals surface area contributed by atoms with Crippen LogP contribution < -0.4 is 5.32 Å². The minimum atomic E-state index is -1.20. The molecule has 0 atom stereocenters. The summed E-state index contributed by atoms with van der Waals surface area (Å²) in [5, 5.41) is 11.6. The lowest BCUT2D eigenvalue weighted by atomic mass is 10.3. The normalized spacial score (nSPS) is 10.2. The first kappa shape index (κ1) is 16.9. The highest BCUT2D eigenvalue weighted by Crippen LogP contribution is 2.12. The van der Waals surface area contributed by atoms with Crippen molar-refractivity contribution in [1.29, 1.82) is 0 Å². The minimum Gasteiger partial charge on any atom is -0.476 e. The number of carboxylic acids is 1. The summed E-state index contributed by atoms with van der Waals surface area (Å²) in [5.74, 6) is -1.20. The Morgan fingerprint density at radius 3 is 2.43 bits per heavy atom. The Balaban J connectivity index is 2.78. The molecular weight excluding hydrogens is 278 g/mol. The molecule has 8 heteroatoms. The van der Waals surface area contributed by atoms with E-state index in [1.165, 1.54) is 31.4 Å². The van der Waals surface area contributed by atoms with E-state index in [4.69, 9.17) is 14.6 Å². The molecule has 0 spiro atoms. The van der Waals surface area contributed by atoms with Gasteiger partial charge in [0.25, 0.3) is 0 Å². The molecule has 0 aliphatic rings. The van der Waals surface area contributed by atoms with Gasteiger partial charge in [-0.15, -0.1) is 0 Å². The van der Waals surface area contributed by atoms with Crippen molar-refractivity contribution in [3.8, 4) is 0 Å². The number of rotatable bonds is 8. The van der Waals surface area contributed by atoms with Crippen LogP contribution in [-0.4, -0.2) is 67.5 Å². The highest BCUT2D eigenvalue weighted by atomic mass is 16.5. The maximum absolute atomic E-state index is 12.2. The van der Waals surface area contributed by atoms with Crippen molar-refractivity contribution in [3.05, 3.63) is 24.0 Å². The van der Waals surface area contributed by atoms with E-state index < -0.39 is 12.0 Å². The number of carbonyl (C=O) groups excluding carboxylic acids is 1. The third kappa shape index (κ3) is 5.36. The molecule has 1 aromatic heterocycles. The summed E-state index contributed by atoms with van der Waals surface area (Å²) in [5.41, 5.74) is -0.0564. The summed E-state index contributed by atoms with van der Waals surface area (Å²) in [6.07, 6.45) is 1.35. The van der Waals surface area contributed by atoms with Crippen LogP contribution in [0, 0.1) is 0 Å². The van der Waals surface area contributed by atoms with Gasteiger partial charge in [0.2, 0.25) is 0 Å². The number of aromatic carboxylic acids is 1. The molecule has 21 heavy (non-hydrogen) atoms. The molecule has 0 aliphatic carbocycles. The number of hydrogen-bond donors (Lipinski definition) is 2. The van der Waals surface area contributed by atoms with Crippen molar-refractivity contribution in [2.45, 2.75) is 0 Å². The first-order valence-electron chi connectivity index (χ1n) is 6.32. The van der Waals surface area contributed by atoms with Crippen LogP contribution >= 0.6 is 0 Å². The molecule has 0 saturated heterocycles. The number of urea groups is 1. The Bertz CT molecular complexity index is 473. The van der Waals surface area contributed by atoms with Gasteiger partial charge in [-0.2, -0.15) is 0 Å². The Kier molecular flexibility index (Phi) is 7.13. The van der Waals surface area contributed by atoms with Gasteiger partial charge in [0.05, 0.1) is 18.9 Å². The smallest absolute Gasteiger partial charge is 0.356 e. The molecule has 0 aliphatic heterocycles. The lowest BCUT2D eigenvalue weighted by Crippen LogP contribution is -2.39. The van der Waals surface area contributed by atoms with Crippen LogP contribution in [0.4, 0.5) is 10.5 Å². The third-order valence-electron chi connectivity index (χ3n) is 2.67. The van der Waals surface area contributed by atoms with E-state index >= 15 is 0 Å². The van der Waals surface area contributed by atoms with E-state index in [0.717, 1.165) is 0 Å². The summed E-state index contributed by atoms with van der Waals surface area (Å²) in [4.78, 5) is 28.4. The number of ether oxygens (including phenoxy) is 2. The molecule has 2 N–H and O–H groups in total. The molecule has 0 fully saturated rings. The number of carbonyl (C=O) groups is 2. The van der Waals surface area contributed by atoms with E-state index in [-0.39, 0.29) is 11.4 Å². The average molecular weight is 297 g/mol. The zero-order chi connectivity index (χ0) is 15.7. The molecule has 0 saturated carbocycles. The maximum Gasteiger partial charge on any atom is 0.356 e. The van der Waals surface area contributed by atoms with Crippen molar-refractivity contribution in [3.63, 3.8) is 0 Å². The van der Waals surface area contributed by atoms with E-state index in [1.54, 1.807) is 6.07 Å². The molecule has 0 aromatic carbocycles. The van der Waals surface area contributed by atoms with Gasteiger partial charge in [0, 0.05) is 33.5 Å². The number of pyridine rings is 1. The van der Waals surface area contributed by atoms with Crippen molar-refractivity contribution in [1.82, 2.24) is 9.88 Å². The lowest BCUT2D eigenvalue weighted by molar-refractivity contribution is 0.0691. The Labute approximate surface area is 122 Å². The number of hydrogen-bond acceptors (Lipinski definition) is 5. The second-order valence-corrected chi connectivity index (χ2v) is 4.11. The van der Waals surface area contributed by atoms with Crippen LogP contribution in [0.3, 0.4) is 0 Å². The summed E-state index contributed by atoms with van der Waals surface area (Å²) in [6, 6.07) is 2.61. The third-order valence-corrected chi connectivity index (χ3v) is 2.67. The van der Waals surface area contributed by atoms with Gasteiger partial charge in [0.1, 0.15) is 0 Å². The molecule has 0 radical (unpaired) electrons. The van der Waals surface area contributed by atoms with Gasteiger partial charge in [-0.3, -0.25) is 0 Å². The summed E-state index contributed by atoms with van der Waals surface area (Å²) < 4.78 is 9.89. The number of anilines is 1. The van der Waals surface area contributed by atoms with Crippen molar-refractivity contribution >= 4 is 17.7 Å². The topological polar surface area (TPSA) is 101 Å². The molecule has 8 nitrogen and oxygen atoms in total. The number of aromatic nitrogens is 1. The number of nitrogens with one attached hydrogen (secondary N) is 1. The minimum absolute atomic E-state index is 0.148. The molecule has 0 bridgehead atoms. The number of amides is 2. The van der Waals surface area contributed by atoms with Crippen LogP contribution in [0.2, 0.25) is 0 Å². The summed E-state index contributed by atoms with van der Waals surface area (Å²) in [6.45, 7) is 1.48. The lowest BCUT2D eigenvalue weighted by Gasteiger charge is -2.22. The van der Waals surface area contributed by atoms with Crippen molar-refractivity contribution in [2.24, 2.45) is 0 Å². The first-order valence-corrected chi connectivity index (χ1v) is 6.32. The fraction of sp³-hybridized carbons (Fsp3) is 0.462. The van der Waals surface area contributed by atoms with Crippen LogP contribution in [-0.2, 0) is 9.47 Å². The van der Waals surface area contributed by atoms with Crippen LogP contribution in [0.5, 0.6) is 0 Å². The zero-order valence-electron chi connectivity index (χ0n) is 12.0. The van der Waals surface area contributed by atoms with E-state index in [1.807, 2.05) is 0 Å². The van der Waals surface area contributed by atoms with Crippen LogP contribution in [0.1, 0.15) is 10.5 Å². The zero-order valence-corrected chi connectivity index (χ0v) is 12.0. The quantitative estimate of drug-likeness (QED) is 0.739. The number of nitrogens with zero attached hydrogens (tertiary/aromatic N) is 2. The largest absolute Gasteiger partial charge is 0.476 e. The summed E-state index contributed by atoms with van der Waals surface area (Å²) in [7, 11) is 3.08. The van der Waals surface area contributed by atoms with Gasteiger partial charge in [-0.25, -0.2) is 14.6 Å². The molecule has 1 heterocycles. The monoisotopic (exact) mass is 297 g/mol. The highest BCUT2D eigenvalue weighted by molar-refractivity contribution is 5.98. The SMILES string of the molecule is COCCN(CCOC)C(=O)Nc1cccnc1C(=O)O. The van der Waals surface area contributed by atoms with Crippen LogP contribution in [0.15, 0.2) is 18.3 Å². The highest BCUT2D eigenvalue weighted by Gasteiger charge is 2.17. The first-order chi connectivity index (χ1) is 10.1. The van der Waals surface area contributed by atoms with Gasteiger partial charge in [-0.1, -0.05) is 0 Å². The molecule has 116 valence electrons. The van der Waals surface area contributed by atoms with E-state index in [9.17, 15) is 9.59 Å².